The zero-order valence-corrected chi connectivity index (χ0v) is 9.24. The van der Waals surface area contributed by atoms with Crippen LogP contribution in [0, 0.1) is 12.8 Å². The fraction of sp³-hybridized carbons (Fsp3) is 0.500. The van der Waals surface area contributed by atoms with Gasteiger partial charge in [-0.1, -0.05) is 13.8 Å². The van der Waals surface area contributed by atoms with Crippen LogP contribution in [0.15, 0.2) is 9.79 Å². The van der Waals surface area contributed by atoms with Gasteiger partial charge in [0.15, 0.2) is 0 Å². The summed E-state index contributed by atoms with van der Waals surface area (Å²) in [5.41, 5.74) is 5.99. The smallest absolute Gasteiger partial charge is 0.278 e. The van der Waals surface area contributed by atoms with E-state index in [2.05, 4.69) is 21.9 Å². The second-order valence-electron chi connectivity index (χ2n) is 3.55. The first-order chi connectivity index (χ1) is 7.04. The first-order valence-electron chi connectivity index (χ1n) is 4.95. The van der Waals surface area contributed by atoms with Gasteiger partial charge in [0, 0.05) is 6.21 Å². The number of nitrogen functional groups attached to an aromatic ring is 1. The lowest BCUT2D eigenvalue weighted by atomic mass is 10.1. The molecule has 1 rings (SSSR count). The molecule has 0 saturated carbocycles. The van der Waals surface area contributed by atoms with Crippen LogP contribution in [0.1, 0.15) is 26.0 Å². The highest BCUT2D eigenvalue weighted by atomic mass is 16.1. The standard InChI is InChI=1S/C10H16N4O/c1-4-6(2)5-12-8-7(3)13-10(11)14-9(8)15/h5-6H,4H2,1-3H3,(H3,11,13,14,15). The van der Waals surface area contributed by atoms with Crippen LogP contribution >= 0.6 is 0 Å². The van der Waals surface area contributed by atoms with E-state index < -0.39 is 0 Å². The Labute approximate surface area is 88.5 Å². The average Bonchev–Trinajstić information content (AvgIpc) is 2.15. The molecule has 0 aromatic carbocycles. The van der Waals surface area contributed by atoms with E-state index in [1.165, 1.54) is 0 Å². The van der Waals surface area contributed by atoms with Crippen molar-refractivity contribution in [3.8, 4) is 0 Å². The molecule has 5 heteroatoms. The van der Waals surface area contributed by atoms with E-state index in [-0.39, 0.29) is 11.5 Å². The molecule has 0 spiro atoms. The number of hydrogen-bond donors (Lipinski definition) is 2. The molecule has 0 aliphatic heterocycles. The van der Waals surface area contributed by atoms with Crippen molar-refractivity contribution >= 4 is 17.9 Å². The summed E-state index contributed by atoms with van der Waals surface area (Å²) in [7, 11) is 0. The van der Waals surface area contributed by atoms with Crippen LogP contribution < -0.4 is 11.3 Å². The van der Waals surface area contributed by atoms with Crippen molar-refractivity contribution < 1.29 is 0 Å². The first kappa shape index (κ1) is 11.4. The molecule has 0 aliphatic carbocycles. The van der Waals surface area contributed by atoms with Gasteiger partial charge >= 0.3 is 0 Å². The number of nitrogens with one attached hydrogen (secondary N) is 1. The van der Waals surface area contributed by atoms with Crippen molar-refractivity contribution in [3.05, 3.63) is 16.0 Å². The quantitative estimate of drug-likeness (QED) is 0.736. The number of H-pyrrole nitrogens is 1. The molecule has 0 fully saturated rings. The number of aromatic amines is 1. The molecule has 3 N–H and O–H groups in total. The van der Waals surface area contributed by atoms with Crippen molar-refractivity contribution in [2.75, 3.05) is 5.73 Å². The maximum atomic E-state index is 11.5. The Bertz CT molecular complexity index is 422. The summed E-state index contributed by atoms with van der Waals surface area (Å²) in [5.74, 6) is 0.473. The second-order valence-corrected chi connectivity index (χ2v) is 3.55. The number of rotatable bonds is 3. The van der Waals surface area contributed by atoms with Gasteiger partial charge in [-0.15, -0.1) is 0 Å². The maximum absolute atomic E-state index is 11.5. The molecule has 0 amide bonds. The molecule has 1 unspecified atom stereocenters. The molecule has 1 atom stereocenters. The normalized spacial score (nSPS) is 13.3. The lowest BCUT2D eigenvalue weighted by Gasteiger charge is -2.01. The van der Waals surface area contributed by atoms with Crippen molar-refractivity contribution in [1.82, 2.24) is 9.97 Å². The van der Waals surface area contributed by atoms with Crippen molar-refractivity contribution in [1.29, 1.82) is 0 Å². The molecule has 0 aliphatic rings. The molecule has 0 radical (unpaired) electrons. The summed E-state index contributed by atoms with van der Waals surface area (Å²) in [6, 6.07) is 0. The molecule has 1 aromatic rings. The lowest BCUT2D eigenvalue weighted by Crippen LogP contribution is -2.12. The average molecular weight is 208 g/mol. The highest BCUT2D eigenvalue weighted by molar-refractivity contribution is 5.65. The molecule has 1 heterocycles. The Balaban J connectivity index is 3.05. The van der Waals surface area contributed by atoms with E-state index in [0.717, 1.165) is 6.42 Å². The van der Waals surface area contributed by atoms with Crippen LogP contribution in [0.5, 0.6) is 0 Å². The van der Waals surface area contributed by atoms with Crippen LogP contribution in [0.3, 0.4) is 0 Å². The van der Waals surface area contributed by atoms with Crippen LogP contribution in [0.25, 0.3) is 0 Å². The minimum absolute atomic E-state index is 0.125. The lowest BCUT2D eigenvalue weighted by molar-refractivity contribution is 0.754. The van der Waals surface area contributed by atoms with Crippen molar-refractivity contribution in [2.24, 2.45) is 10.9 Å². The largest absolute Gasteiger partial charge is 0.369 e. The van der Waals surface area contributed by atoms with Crippen LogP contribution in [0.2, 0.25) is 0 Å². The highest BCUT2D eigenvalue weighted by Crippen LogP contribution is 2.10. The van der Waals surface area contributed by atoms with Gasteiger partial charge in [-0.25, -0.2) is 4.98 Å². The van der Waals surface area contributed by atoms with Gasteiger partial charge in [0.05, 0.1) is 5.69 Å². The molecular weight excluding hydrogens is 192 g/mol. The van der Waals surface area contributed by atoms with Crippen LogP contribution in [-0.2, 0) is 0 Å². The van der Waals surface area contributed by atoms with Crippen molar-refractivity contribution in [2.45, 2.75) is 27.2 Å². The number of aliphatic imine (C=N–C) groups is 1. The molecule has 1 aromatic heterocycles. The predicted octanol–water partition coefficient (Wildman–Crippen LogP) is 1.41. The van der Waals surface area contributed by atoms with E-state index in [0.29, 0.717) is 17.3 Å². The Morgan fingerprint density at radius 2 is 2.33 bits per heavy atom. The van der Waals surface area contributed by atoms with Gasteiger partial charge in [0.2, 0.25) is 5.95 Å². The number of aryl methyl sites for hydroxylation is 1. The van der Waals surface area contributed by atoms with E-state index in [1.807, 2.05) is 6.92 Å². The number of nitrogens with two attached hydrogens (primary N) is 1. The third-order valence-electron chi connectivity index (χ3n) is 2.19. The summed E-state index contributed by atoms with van der Waals surface area (Å²) in [5, 5.41) is 0. The number of nitrogens with zero attached hydrogens (tertiary/aromatic N) is 2. The van der Waals surface area contributed by atoms with Gasteiger partial charge in [0.1, 0.15) is 5.69 Å². The van der Waals surface area contributed by atoms with Crippen LogP contribution in [0.4, 0.5) is 11.6 Å². The molecule has 0 bridgehead atoms. The summed E-state index contributed by atoms with van der Waals surface area (Å²) in [4.78, 5) is 22.0. The summed E-state index contributed by atoms with van der Waals surface area (Å²) in [6.07, 6.45) is 2.75. The summed E-state index contributed by atoms with van der Waals surface area (Å²) >= 11 is 0. The third-order valence-corrected chi connectivity index (χ3v) is 2.19. The van der Waals surface area contributed by atoms with Gasteiger partial charge < -0.3 is 5.73 Å². The minimum atomic E-state index is -0.292. The molecule has 15 heavy (non-hydrogen) atoms. The number of hydrogen-bond acceptors (Lipinski definition) is 4. The van der Waals surface area contributed by atoms with E-state index in [1.54, 1.807) is 13.1 Å². The molecular formula is C10H16N4O. The van der Waals surface area contributed by atoms with Gasteiger partial charge in [-0.3, -0.25) is 14.8 Å². The van der Waals surface area contributed by atoms with E-state index >= 15 is 0 Å². The fourth-order valence-corrected chi connectivity index (χ4v) is 1.06. The highest BCUT2D eigenvalue weighted by Gasteiger charge is 2.04. The molecule has 5 nitrogen and oxygen atoms in total. The maximum Gasteiger partial charge on any atom is 0.278 e. The fourth-order valence-electron chi connectivity index (χ4n) is 1.06. The monoisotopic (exact) mass is 208 g/mol. The predicted molar refractivity (Wildman–Crippen MR) is 61.6 cm³/mol. The zero-order valence-electron chi connectivity index (χ0n) is 9.24. The molecule has 0 saturated heterocycles. The Kier molecular flexibility index (Phi) is 3.60. The van der Waals surface area contributed by atoms with Crippen LogP contribution in [-0.4, -0.2) is 16.2 Å². The van der Waals surface area contributed by atoms with Gasteiger partial charge in [-0.2, -0.15) is 0 Å². The SMILES string of the molecule is CCC(C)C=Nc1c(C)nc(N)[nH]c1=O. The van der Waals surface area contributed by atoms with Gasteiger partial charge in [0.25, 0.3) is 5.56 Å². The van der Waals surface area contributed by atoms with Gasteiger partial charge in [-0.05, 0) is 19.3 Å². The second kappa shape index (κ2) is 4.72. The van der Waals surface area contributed by atoms with E-state index in [9.17, 15) is 4.79 Å². The topological polar surface area (TPSA) is 84.1 Å². The third kappa shape index (κ3) is 2.90. The van der Waals surface area contributed by atoms with Crippen molar-refractivity contribution in [3.63, 3.8) is 0 Å². The Hall–Kier alpha value is -1.65. The Morgan fingerprint density at radius 3 is 2.87 bits per heavy atom. The number of aromatic nitrogens is 2. The molecule has 82 valence electrons. The zero-order chi connectivity index (χ0) is 11.4. The number of anilines is 1. The first-order valence-corrected chi connectivity index (χ1v) is 4.95. The van der Waals surface area contributed by atoms with E-state index in [4.69, 9.17) is 5.73 Å². The summed E-state index contributed by atoms with van der Waals surface area (Å²) < 4.78 is 0. The Morgan fingerprint density at radius 1 is 1.67 bits per heavy atom. The summed E-state index contributed by atoms with van der Waals surface area (Å²) in [6.45, 7) is 5.82. The minimum Gasteiger partial charge on any atom is -0.369 e.